The van der Waals surface area contributed by atoms with Crippen molar-refractivity contribution in [3.05, 3.63) is 0 Å². The molecular formula is C73H142O17P2. The predicted octanol–water partition coefficient (Wildman–Crippen LogP) is 21.2. The van der Waals surface area contributed by atoms with E-state index in [4.69, 9.17) is 37.0 Å². The third-order valence-corrected chi connectivity index (χ3v) is 19.2. The molecule has 92 heavy (non-hydrogen) atoms. The van der Waals surface area contributed by atoms with Crippen LogP contribution in [0.1, 0.15) is 375 Å². The number of aliphatic hydroxyl groups is 1. The number of phosphoric ester groups is 2. The fourth-order valence-electron chi connectivity index (χ4n) is 11.1. The zero-order valence-electron chi connectivity index (χ0n) is 59.9. The summed E-state index contributed by atoms with van der Waals surface area (Å²) in [5.41, 5.74) is 0. The Hall–Kier alpha value is -1.94. The lowest BCUT2D eigenvalue weighted by Crippen LogP contribution is -2.30. The summed E-state index contributed by atoms with van der Waals surface area (Å²) in [4.78, 5) is 72.7. The summed E-state index contributed by atoms with van der Waals surface area (Å²) in [6, 6.07) is 0. The van der Waals surface area contributed by atoms with Gasteiger partial charge in [0.1, 0.15) is 19.3 Å². The third-order valence-electron chi connectivity index (χ3n) is 17.3. The maximum Gasteiger partial charge on any atom is 0.472 e. The first-order valence-electron chi connectivity index (χ1n) is 38.0. The highest BCUT2D eigenvalue weighted by Crippen LogP contribution is 2.45. The fraction of sp³-hybridized carbons (Fsp3) is 0.945. The van der Waals surface area contributed by atoms with E-state index in [0.717, 1.165) is 108 Å². The van der Waals surface area contributed by atoms with Crippen LogP contribution in [0.3, 0.4) is 0 Å². The molecule has 0 saturated heterocycles. The number of hydrogen-bond donors (Lipinski definition) is 3. The first kappa shape index (κ1) is 90.1. The number of phosphoric acid groups is 2. The Labute approximate surface area is 562 Å². The Kier molecular flexibility index (Phi) is 63.7. The standard InChI is InChI=1S/C73H142O17P2/c1-7-10-12-14-16-18-20-21-22-23-24-30-34-38-46-52-58-73(78)89-68(61-83-70(75)55-49-43-36-32-29-26-25-28-31-35-41-47-53-65(4)5)63-87-91(79,80)85-59-67(74)60-86-92(81,82)88-64-69(62-84-71(76)56-50-44-40-39-42-48-54-66(6)9-3)90-72(77)57-51-45-37-33-27-19-17-15-13-11-8-2/h65-69,74H,7-64H2,1-6H3,(H,79,80)(H,81,82)/t66?,67-,68-,69-/m1/s1. The second-order valence-electron chi connectivity index (χ2n) is 27.1. The Morgan fingerprint density at radius 3 is 0.826 bits per heavy atom. The van der Waals surface area contributed by atoms with Crippen LogP contribution in [0.25, 0.3) is 0 Å². The van der Waals surface area contributed by atoms with Gasteiger partial charge in [-0.1, -0.05) is 324 Å². The van der Waals surface area contributed by atoms with Crippen molar-refractivity contribution in [2.75, 3.05) is 39.6 Å². The monoisotopic (exact) mass is 1350 g/mol. The second-order valence-corrected chi connectivity index (χ2v) is 30.0. The summed E-state index contributed by atoms with van der Waals surface area (Å²) in [6.07, 6.45) is 51.3. The predicted molar refractivity (Wildman–Crippen MR) is 372 cm³/mol. The van der Waals surface area contributed by atoms with Crippen molar-refractivity contribution in [2.24, 2.45) is 11.8 Å². The van der Waals surface area contributed by atoms with Crippen LogP contribution in [0.5, 0.6) is 0 Å². The van der Waals surface area contributed by atoms with Crippen molar-refractivity contribution >= 4 is 39.5 Å². The lowest BCUT2D eigenvalue weighted by Gasteiger charge is -2.21. The quantitative estimate of drug-likeness (QED) is 0.0222. The molecule has 0 bridgehead atoms. The van der Waals surface area contributed by atoms with Gasteiger partial charge in [-0.05, 0) is 37.5 Å². The minimum atomic E-state index is -4.95. The summed E-state index contributed by atoms with van der Waals surface area (Å²) in [5.74, 6) is -0.606. The van der Waals surface area contributed by atoms with E-state index in [0.29, 0.717) is 25.7 Å². The van der Waals surface area contributed by atoms with Gasteiger partial charge >= 0.3 is 39.5 Å². The number of carbonyl (C=O) groups is 4. The molecule has 3 unspecified atom stereocenters. The number of esters is 4. The van der Waals surface area contributed by atoms with E-state index >= 15 is 0 Å². The Morgan fingerprint density at radius 2 is 0.554 bits per heavy atom. The first-order chi connectivity index (χ1) is 44.4. The minimum Gasteiger partial charge on any atom is -0.462 e. The molecule has 0 aliphatic heterocycles. The van der Waals surface area contributed by atoms with Gasteiger partial charge in [0, 0.05) is 25.7 Å². The van der Waals surface area contributed by atoms with Gasteiger partial charge in [0.25, 0.3) is 0 Å². The summed E-state index contributed by atoms with van der Waals surface area (Å²) >= 11 is 0. The van der Waals surface area contributed by atoms with Gasteiger partial charge in [-0.3, -0.25) is 37.3 Å². The maximum absolute atomic E-state index is 13.1. The zero-order valence-corrected chi connectivity index (χ0v) is 61.6. The number of unbranched alkanes of at least 4 members (excludes halogenated alkanes) is 41. The molecule has 0 aromatic rings. The minimum absolute atomic E-state index is 0.106. The van der Waals surface area contributed by atoms with Crippen LogP contribution in [0.15, 0.2) is 0 Å². The average molecular weight is 1350 g/mol. The van der Waals surface area contributed by atoms with Crippen LogP contribution in [-0.4, -0.2) is 96.7 Å². The molecule has 6 atom stereocenters. The molecule has 0 spiro atoms. The van der Waals surface area contributed by atoms with Crippen LogP contribution in [0, 0.1) is 11.8 Å². The van der Waals surface area contributed by atoms with Gasteiger partial charge in [-0.2, -0.15) is 0 Å². The van der Waals surface area contributed by atoms with Crippen LogP contribution in [0.2, 0.25) is 0 Å². The number of hydrogen-bond acceptors (Lipinski definition) is 15. The highest BCUT2D eigenvalue weighted by molar-refractivity contribution is 7.47. The van der Waals surface area contributed by atoms with Crippen molar-refractivity contribution in [1.82, 2.24) is 0 Å². The van der Waals surface area contributed by atoms with E-state index in [2.05, 4.69) is 41.5 Å². The normalized spacial score (nSPS) is 14.4. The number of carbonyl (C=O) groups excluding carboxylic acids is 4. The molecule has 0 saturated carbocycles. The highest BCUT2D eigenvalue weighted by Gasteiger charge is 2.30. The molecule has 0 aromatic carbocycles. The van der Waals surface area contributed by atoms with Crippen molar-refractivity contribution in [3.8, 4) is 0 Å². The van der Waals surface area contributed by atoms with E-state index in [1.54, 1.807) is 0 Å². The van der Waals surface area contributed by atoms with Crippen molar-refractivity contribution < 1.29 is 80.2 Å². The fourth-order valence-corrected chi connectivity index (χ4v) is 12.7. The van der Waals surface area contributed by atoms with Crippen molar-refractivity contribution in [1.29, 1.82) is 0 Å². The molecule has 0 aromatic heterocycles. The van der Waals surface area contributed by atoms with Gasteiger partial charge in [-0.25, -0.2) is 9.13 Å². The lowest BCUT2D eigenvalue weighted by atomic mass is 10.00. The number of aliphatic hydroxyl groups excluding tert-OH is 1. The second kappa shape index (κ2) is 65.0. The van der Waals surface area contributed by atoms with Gasteiger partial charge in [0.2, 0.25) is 0 Å². The van der Waals surface area contributed by atoms with E-state index in [9.17, 15) is 43.2 Å². The zero-order chi connectivity index (χ0) is 67.9. The van der Waals surface area contributed by atoms with Gasteiger partial charge in [-0.15, -0.1) is 0 Å². The van der Waals surface area contributed by atoms with E-state index in [1.807, 2.05) is 0 Å². The first-order valence-corrected chi connectivity index (χ1v) is 41.0. The SMILES string of the molecule is CCCCCCCCCCCCCCCCCCC(=O)O[C@H](COC(=O)CCCCCCCCCCCCCCC(C)C)COP(=O)(O)OC[C@@H](O)COP(=O)(O)OC[C@@H](COC(=O)CCCCCCCCC(C)CC)OC(=O)CCCCCCCCCCCCC. The van der Waals surface area contributed by atoms with E-state index in [1.165, 1.54) is 186 Å². The van der Waals surface area contributed by atoms with Crippen LogP contribution in [0.4, 0.5) is 0 Å². The lowest BCUT2D eigenvalue weighted by molar-refractivity contribution is -0.161. The van der Waals surface area contributed by atoms with Crippen LogP contribution in [-0.2, 0) is 65.4 Å². The Bertz CT molecular complexity index is 1790. The number of rotatable bonds is 72. The Morgan fingerprint density at radius 1 is 0.315 bits per heavy atom. The molecule has 0 fully saturated rings. The summed E-state index contributed by atoms with van der Waals surface area (Å²) < 4.78 is 68.4. The molecule has 0 aliphatic rings. The largest absolute Gasteiger partial charge is 0.472 e. The van der Waals surface area contributed by atoms with Crippen molar-refractivity contribution in [3.63, 3.8) is 0 Å². The summed E-state index contributed by atoms with van der Waals surface area (Å²) in [6.45, 7) is 9.55. The van der Waals surface area contributed by atoms with Gasteiger partial charge in [0.05, 0.1) is 26.4 Å². The molecule has 0 heterocycles. The van der Waals surface area contributed by atoms with E-state index in [-0.39, 0.29) is 25.7 Å². The van der Waals surface area contributed by atoms with Gasteiger partial charge < -0.3 is 33.8 Å². The molecule has 0 rings (SSSR count). The van der Waals surface area contributed by atoms with Crippen molar-refractivity contribution in [2.45, 2.75) is 394 Å². The van der Waals surface area contributed by atoms with Gasteiger partial charge in [0.15, 0.2) is 12.2 Å². The summed E-state index contributed by atoms with van der Waals surface area (Å²) in [7, 11) is -9.90. The average Bonchev–Trinajstić information content (AvgIpc) is 2.02. The molecule has 17 nitrogen and oxygen atoms in total. The molecule has 0 aliphatic carbocycles. The molecule has 19 heteroatoms. The maximum atomic E-state index is 13.1. The summed E-state index contributed by atoms with van der Waals surface area (Å²) in [5, 5.41) is 10.6. The molecule has 0 amide bonds. The molecule has 546 valence electrons. The Balaban J connectivity index is 5.25. The third kappa shape index (κ3) is 65.4. The molecule has 3 N–H and O–H groups in total. The van der Waals surface area contributed by atoms with E-state index < -0.39 is 97.5 Å². The highest BCUT2D eigenvalue weighted by atomic mass is 31.2. The molecular weight excluding hydrogens is 1210 g/mol. The number of ether oxygens (including phenoxy) is 4. The van der Waals surface area contributed by atoms with Crippen LogP contribution >= 0.6 is 15.6 Å². The smallest absolute Gasteiger partial charge is 0.462 e. The topological polar surface area (TPSA) is 237 Å². The molecule has 0 radical (unpaired) electrons. The van der Waals surface area contributed by atoms with Crippen LogP contribution < -0.4 is 0 Å².